The summed E-state index contributed by atoms with van der Waals surface area (Å²) in [5.41, 5.74) is 3.81. The van der Waals surface area contributed by atoms with E-state index >= 15 is 0 Å². The van der Waals surface area contributed by atoms with Gasteiger partial charge in [-0.25, -0.2) is 9.69 Å². The fraction of sp³-hybridized carbons (Fsp3) is 0.115. The van der Waals surface area contributed by atoms with Crippen molar-refractivity contribution in [2.75, 3.05) is 10.2 Å². The van der Waals surface area contributed by atoms with Crippen molar-refractivity contribution < 1.29 is 19.1 Å². The van der Waals surface area contributed by atoms with E-state index in [1.54, 1.807) is 60.7 Å². The van der Waals surface area contributed by atoms with Gasteiger partial charge in [0.2, 0.25) is 0 Å². The number of hydrogen-bond acceptors (Lipinski definition) is 5. The fourth-order valence-electron chi connectivity index (χ4n) is 3.50. The van der Waals surface area contributed by atoms with Gasteiger partial charge >= 0.3 is 5.97 Å². The maximum absolute atomic E-state index is 12.9. The van der Waals surface area contributed by atoms with Gasteiger partial charge in [0.15, 0.2) is 0 Å². The second-order valence-electron chi connectivity index (χ2n) is 7.93. The molecule has 0 atom stereocenters. The Morgan fingerprint density at radius 1 is 0.853 bits per heavy atom. The van der Waals surface area contributed by atoms with Crippen molar-refractivity contribution in [3.63, 3.8) is 0 Å². The maximum Gasteiger partial charge on any atom is 0.343 e. The molecule has 1 N–H and O–H groups in total. The first kappa shape index (κ1) is 23.5. The predicted molar refractivity (Wildman–Crippen MR) is 133 cm³/mol. The first-order chi connectivity index (χ1) is 16.2. The summed E-state index contributed by atoms with van der Waals surface area (Å²) in [5.74, 6) is -1.31. The molecule has 2 amide bonds. The van der Waals surface area contributed by atoms with E-state index in [9.17, 15) is 14.4 Å². The van der Waals surface area contributed by atoms with Gasteiger partial charge in [-0.1, -0.05) is 40.9 Å². The zero-order chi connectivity index (χ0) is 24.6. The summed E-state index contributed by atoms with van der Waals surface area (Å²) < 4.78 is 5.46. The minimum atomic E-state index is -0.605. The minimum Gasteiger partial charge on any atom is -0.423 e. The smallest absolute Gasteiger partial charge is 0.343 e. The van der Waals surface area contributed by atoms with Crippen molar-refractivity contribution in [3.05, 3.63) is 98.7 Å². The number of halogens is 2. The molecule has 172 valence electrons. The summed E-state index contributed by atoms with van der Waals surface area (Å²) in [6.45, 7) is 5.58. The summed E-state index contributed by atoms with van der Waals surface area (Å²) in [6.07, 6.45) is 0. The Balaban J connectivity index is 1.48. The Morgan fingerprint density at radius 2 is 1.44 bits per heavy atom. The third-order valence-electron chi connectivity index (χ3n) is 5.33. The van der Waals surface area contributed by atoms with Gasteiger partial charge in [0, 0.05) is 10.7 Å². The van der Waals surface area contributed by atoms with Gasteiger partial charge in [-0.2, -0.15) is 0 Å². The second-order valence-corrected chi connectivity index (χ2v) is 8.69. The number of hydrogen-bond donors (Lipinski definition) is 1. The molecule has 1 aliphatic heterocycles. The molecule has 0 spiro atoms. The molecule has 6 nitrogen and oxygen atoms in total. The number of carbonyl (C=O) groups is 3. The number of imide groups is 1. The van der Waals surface area contributed by atoms with Crippen LogP contribution in [0.3, 0.4) is 0 Å². The molecule has 1 heterocycles. The molecule has 34 heavy (non-hydrogen) atoms. The number of ether oxygens (including phenoxy) is 1. The highest BCUT2D eigenvalue weighted by molar-refractivity contribution is 6.53. The molecule has 3 aromatic rings. The molecule has 0 saturated carbocycles. The summed E-state index contributed by atoms with van der Waals surface area (Å²) >= 11 is 12.3. The standard InChI is InChI=1S/C26H20Cl2N2O4/c1-14-4-10-19(11-5-14)30-24(31)22(28)23(25(30)32)29-18-8-6-17(7-9-18)26(33)34-20-12-15(2)21(27)16(3)13-20/h4-13,29H,1-3H3. The van der Waals surface area contributed by atoms with Crippen molar-refractivity contribution in [3.8, 4) is 5.75 Å². The lowest BCUT2D eigenvalue weighted by atomic mass is 10.1. The van der Waals surface area contributed by atoms with E-state index in [4.69, 9.17) is 27.9 Å². The van der Waals surface area contributed by atoms with Crippen LogP contribution in [0, 0.1) is 20.8 Å². The van der Waals surface area contributed by atoms with Crippen LogP contribution in [-0.2, 0) is 9.59 Å². The first-order valence-electron chi connectivity index (χ1n) is 10.4. The Labute approximate surface area is 206 Å². The molecule has 0 aromatic heterocycles. The SMILES string of the molecule is Cc1ccc(N2C(=O)C(Cl)=C(Nc3ccc(C(=O)Oc4cc(C)c(Cl)c(C)c4)cc3)C2=O)cc1. The molecule has 8 heteroatoms. The van der Waals surface area contributed by atoms with Crippen LogP contribution in [0.15, 0.2) is 71.4 Å². The van der Waals surface area contributed by atoms with E-state index < -0.39 is 17.8 Å². The van der Waals surface area contributed by atoms with Crippen molar-refractivity contribution in [1.29, 1.82) is 0 Å². The number of benzene rings is 3. The van der Waals surface area contributed by atoms with E-state index in [0.717, 1.165) is 21.6 Å². The molecule has 0 fully saturated rings. The lowest BCUT2D eigenvalue weighted by Crippen LogP contribution is -2.32. The second kappa shape index (κ2) is 9.33. The highest BCUT2D eigenvalue weighted by atomic mass is 35.5. The lowest BCUT2D eigenvalue weighted by molar-refractivity contribution is -0.120. The fourth-order valence-corrected chi connectivity index (χ4v) is 3.83. The maximum atomic E-state index is 12.9. The molecule has 0 unspecified atom stereocenters. The third-order valence-corrected chi connectivity index (χ3v) is 6.28. The Kier molecular flexibility index (Phi) is 6.46. The molecular formula is C26H20Cl2N2O4. The van der Waals surface area contributed by atoms with Crippen LogP contribution in [0.4, 0.5) is 11.4 Å². The number of esters is 1. The number of rotatable bonds is 5. The quantitative estimate of drug-likeness (QED) is 0.270. The molecule has 3 aromatic carbocycles. The highest BCUT2D eigenvalue weighted by Gasteiger charge is 2.38. The first-order valence-corrected chi connectivity index (χ1v) is 11.1. The zero-order valence-electron chi connectivity index (χ0n) is 18.6. The summed E-state index contributed by atoms with van der Waals surface area (Å²) in [6, 6.07) is 16.7. The Hall–Kier alpha value is -3.61. The molecule has 0 radical (unpaired) electrons. The lowest BCUT2D eigenvalue weighted by Gasteiger charge is -2.15. The summed E-state index contributed by atoms with van der Waals surface area (Å²) in [4.78, 5) is 39.0. The molecule has 4 rings (SSSR count). The van der Waals surface area contributed by atoms with E-state index in [-0.39, 0.29) is 10.7 Å². The topological polar surface area (TPSA) is 75.7 Å². The van der Waals surface area contributed by atoms with Crippen LogP contribution < -0.4 is 15.0 Å². The van der Waals surface area contributed by atoms with Crippen LogP contribution in [-0.4, -0.2) is 17.8 Å². The number of aryl methyl sites for hydroxylation is 3. The Bertz CT molecular complexity index is 1320. The third kappa shape index (κ3) is 4.55. The van der Waals surface area contributed by atoms with Crippen LogP contribution in [0.2, 0.25) is 5.02 Å². The molecule has 1 aliphatic rings. The summed E-state index contributed by atoms with van der Waals surface area (Å²) in [5, 5.41) is 3.31. The van der Waals surface area contributed by atoms with Gasteiger partial charge in [0.05, 0.1) is 11.3 Å². The molecule has 0 bridgehead atoms. The number of nitrogens with zero attached hydrogens (tertiary/aromatic N) is 1. The molecule has 0 aliphatic carbocycles. The van der Waals surface area contributed by atoms with Gasteiger partial charge in [-0.05, 0) is 80.4 Å². The minimum absolute atomic E-state index is 0.0327. The highest BCUT2D eigenvalue weighted by Crippen LogP contribution is 2.30. The van der Waals surface area contributed by atoms with Gasteiger partial charge in [0.1, 0.15) is 16.5 Å². The largest absolute Gasteiger partial charge is 0.423 e. The predicted octanol–water partition coefficient (Wildman–Crippen LogP) is 5.92. The Morgan fingerprint density at radius 3 is 2.03 bits per heavy atom. The van der Waals surface area contributed by atoms with Gasteiger partial charge in [0.25, 0.3) is 11.8 Å². The average Bonchev–Trinajstić information content (AvgIpc) is 3.01. The van der Waals surface area contributed by atoms with Crippen LogP contribution in [0.5, 0.6) is 5.75 Å². The van der Waals surface area contributed by atoms with Crippen LogP contribution in [0.25, 0.3) is 0 Å². The van der Waals surface area contributed by atoms with Crippen molar-refractivity contribution in [2.45, 2.75) is 20.8 Å². The van der Waals surface area contributed by atoms with Crippen molar-refractivity contribution >= 4 is 52.4 Å². The number of anilines is 2. The van der Waals surface area contributed by atoms with Crippen LogP contribution in [0.1, 0.15) is 27.0 Å². The monoisotopic (exact) mass is 494 g/mol. The number of carbonyl (C=O) groups excluding carboxylic acids is 3. The van der Waals surface area contributed by atoms with Gasteiger partial charge in [-0.15, -0.1) is 0 Å². The van der Waals surface area contributed by atoms with Crippen LogP contribution >= 0.6 is 23.2 Å². The molecule has 0 saturated heterocycles. The van der Waals surface area contributed by atoms with Crippen molar-refractivity contribution in [1.82, 2.24) is 0 Å². The summed E-state index contributed by atoms with van der Waals surface area (Å²) in [7, 11) is 0. The average molecular weight is 495 g/mol. The van der Waals surface area contributed by atoms with E-state index in [1.807, 2.05) is 20.8 Å². The normalized spacial score (nSPS) is 13.5. The zero-order valence-corrected chi connectivity index (χ0v) is 20.1. The molecular weight excluding hydrogens is 475 g/mol. The number of nitrogens with one attached hydrogen (secondary N) is 1. The van der Waals surface area contributed by atoms with E-state index in [2.05, 4.69) is 5.32 Å². The van der Waals surface area contributed by atoms with Crippen molar-refractivity contribution in [2.24, 2.45) is 0 Å². The van der Waals surface area contributed by atoms with E-state index in [1.165, 1.54) is 0 Å². The number of amides is 2. The van der Waals surface area contributed by atoms with E-state index in [0.29, 0.717) is 27.7 Å². The van der Waals surface area contributed by atoms with Gasteiger partial charge < -0.3 is 10.1 Å². The van der Waals surface area contributed by atoms with Gasteiger partial charge in [-0.3, -0.25) is 9.59 Å².